The molecule has 0 amide bonds. The van der Waals surface area contributed by atoms with E-state index in [1.54, 1.807) is 13.2 Å². The van der Waals surface area contributed by atoms with Crippen molar-refractivity contribution in [2.75, 3.05) is 13.7 Å². The van der Waals surface area contributed by atoms with Crippen LogP contribution in [0.1, 0.15) is 13.3 Å². The summed E-state index contributed by atoms with van der Waals surface area (Å²) in [7, 11) is 1.63. The van der Waals surface area contributed by atoms with Crippen LogP contribution in [0.4, 0.5) is 0 Å². The van der Waals surface area contributed by atoms with Crippen LogP contribution in [0.5, 0.6) is 11.5 Å². The molecule has 0 N–H and O–H groups in total. The Hall–Kier alpha value is -0.0766. The summed E-state index contributed by atoms with van der Waals surface area (Å²) in [4.78, 5) is 0. The molecule has 1 rings (SSSR count). The Morgan fingerprint density at radius 3 is 2.57 bits per heavy atom. The second-order valence-corrected chi connectivity index (χ2v) is 2.44. The summed E-state index contributed by atoms with van der Waals surface area (Å²) >= 11 is 4.25. The van der Waals surface area contributed by atoms with Gasteiger partial charge in [0.05, 0.1) is 13.7 Å². The van der Waals surface area contributed by atoms with Crippen LogP contribution in [0.15, 0.2) is 18.2 Å². The van der Waals surface area contributed by atoms with E-state index in [0.29, 0.717) is 0 Å². The maximum atomic E-state index is 5.34. The summed E-state index contributed by atoms with van der Waals surface area (Å²) in [6.07, 6.45) is 1.01. The number of methoxy groups -OCH3 is 1. The van der Waals surface area contributed by atoms with Crippen molar-refractivity contribution in [3.8, 4) is 11.5 Å². The van der Waals surface area contributed by atoms with Gasteiger partial charge in [0, 0.05) is 11.5 Å². The van der Waals surface area contributed by atoms with Gasteiger partial charge in [0.15, 0.2) is 0 Å². The molecule has 0 atom stereocenters. The summed E-state index contributed by atoms with van der Waals surface area (Å²) in [5.74, 6) is 1.58. The Balaban J connectivity index is 0.000000791. The molecule has 4 heteroatoms. The minimum atomic E-state index is 0.739. The Morgan fingerprint density at radius 2 is 2.14 bits per heavy atom. The fourth-order valence-corrected chi connectivity index (χ4v) is 0.825. The maximum absolute atomic E-state index is 5.34. The van der Waals surface area contributed by atoms with Gasteiger partial charge in [-0.2, -0.15) is 0 Å². The van der Waals surface area contributed by atoms with Gasteiger partial charge in [-0.3, -0.25) is 0 Å². The predicted molar refractivity (Wildman–Crippen MR) is 56.5 cm³/mol. The molecule has 0 heterocycles. The first kappa shape index (κ1) is 13.9. The molecule has 0 spiro atoms. The second-order valence-electron chi connectivity index (χ2n) is 2.44. The molecule has 0 bridgehead atoms. The van der Waals surface area contributed by atoms with Crippen molar-refractivity contribution in [2.24, 2.45) is 0 Å². The van der Waals surface area contributed by atoms with E-state index in [2.05, 4.69) is 26.6 Å². The molecule has 0 fully saturated rings. The predicted octanol–water partition coefficient (Wildman–Crippen LogP) is 3.13. The first-order valence-corrected chi connectivity index (χ1v) is 11.3. The molecule has 1 aromatic carbocycles. The molecule has 0 aromatic heterocycles. The van der Waals surface area contributed by atoms with Crippen molar-refractivity contribution in [1.29, 1.82) is 0 Å². The van der Waals surface area contributed by atoms with Crippen LogP contribution in [0.25, 0.3) is 0 Å². The van der Waals surface area contributed by atoms with Gasteiger partial charge in [0.2, 0.25) is 0 Å². The SMILES string of the molecule is CCCOc1[c-]cc(OC)cc1.[Zn+][Br]. The van der Waals surface area contributed by atoms with Gasteiger partial charge in [-0.1, -0.05) is 6.92 Å². The first-order valence-electron chi connectivity index (χ1n) is 4.32. The van der Waals surface area contributed by atoms with Gasteiger partial charge in [0.1, 0.15) is 0 Å². The molecule has 0 saturated heterocycles. The van der Waals surface area contributed by atoms with Crippen molar-refractivity contribution >= 4 is 13.6 Å². The molecule has 0 saturated carbocycles. The number of hydrogen-bond donors (Lipinski definition) is 0. The molecule has 0 aliphatic rings. The van der Waals surface area contributed by atoms with Crippen molar-refractivity contribution in [1.82, 2.24) is 0 Å². The summed E-state index contributed by atoms with van der Waals surface area (Å²) in [5, 5.41) is 0. The number of rotatable bonds is 4. The zero-order valence-corrected chi connectivity index (χ0v) is 13.1. The molecule has 0 aliphatic heterocycles. The zero-order chi connectivity index (χ0) is 10.8. The second kappa shape index (κ2) is 9.48. The molecular weight excluding hydrogens is 297 g/mol. The molecular formula is C10H13BrO2Zn. The van der Waals surface area contributed by atoms with E-state index in [9.17, 15) is 0 Å². The Morgan fingerprint density at radius 1 is 1.43 bits per heavy atom. The van der Waals surface area contributed by atoms with Crippen LogP contribution in [-0.2, 0) is 16.3 Å². The van der Waals surface area contributed by atoms with Crippen molar-refractivity contribution < 1.29 is 25.8 Å². The van der Waals surface area contributed by atoms with E-state index >= 15 is 0 Å². The summed E-state index contributed by atoms with van der Waals surface area (Å²) in [6, 6.07) is 8.46. The van der Waals surface area contributed by atoms with E-state index in [1.807, 2.05) is 12.1 Å². The Labute approximate surface area is 102 Å². The van der Waals surface area contributed by atoms with E-state index in [-0.39, 0.29) is 0 Å². The van der Waals surface area contributed by atoms with E-state index in [4.69, 9.17) is 9.47 Å². The molecule has 0 aliphatic carbocycles. The third kappa shape index (κ3) is 5.61. The quantitative estimate of drug-likeness (QED) is 0.628. The summed E-state index contributed by atoms with van der Waals surface area (Å²) in [6.45, 7) is 2.81. The van der Waals surface area contributed by atoms with Gasteiger partial charge >= 0.3 is 30.0 Å². The topological polar surface area (TPSA) is 18.5 Å². The Bertz CT molecular complexity index is 226. The molecule has 1 aromatic rings. The molecule has 74 valence electrons. The number of ether oxygens (including phenoxy) is 2. The van der Waals surface area contributed by atoms with E-state index in [0.717, 1.165) is 24.5 Å². The number of benzene rings is 1. The van der Waals surface area contributed by atoms with Gasteiger partial charge in [0.25, 0.3) is 0 Å². The standard InChI is InChI=1S/C10H13O2.BrH.Zn/c1-3-8-12-10-6-4-9(11-2)5-7-10;;/h4-6H,3,8H2,1-2H3;1H;/q-1;;+2/p-1. The van der Waals surface area contributed by atoms with Gasteiger partial charge in [-0.25, -0.2) is 0 Å². The van der Waals surface area contributed by atoms with Crippen LogP contribution in [0.2, 0.25) is 0 Å². The third-order valence-electron chi connectivity index (χ3n) is 1.45. The molecule has 2 nitrogen and oxygen atoms in total. The van der Waals surface area contributed by atoms with Crippen LogP contribution in [0.3, 0.4) is 0 Å². The van der Waals surface area contributed by atoms with Crippen molar-refractivity contribution in [2.45, 2.75) is 13.3 Å². The minimum absolute atomic E-state index is 0.739. The van der Waals surface area contributed by atoms with Crippen molar-refractivity contribution in [3.05, 3.63) is 24.3 Å². The van der Waals surface area contributed by atoms with E-state index in [1.165, 1.54) is 16.3 Å². The van der Waals surface area contributed by atoms with Crippen LogP contribution in [-0.4, -0.2) is 13.7 Å². The van der Waals surface area contributed by atoms with Gasteiger partial charge in [-0.05, 0) is 6.42 Å². The zero-order valence-electron chi connectivity index (χ0n) is 8.55. The van der Waals surface area contributed by atoms with Gasteiger partial charge in [-0.15, -0.1) is 24.3 Å². The van der Waals surface area contributed by atoms with Gasteiger partial charge < -0.3 is 9.47 Å². The number of hydrogen-bond acceptors (Lipinski definition) is 2. The molecule has 14 heavy (non-hydrogen) atoms. The average Bonchev–Trinajstić information content (AvgIpc) is 2.30. The first-order chi connectivity index (χ1) is 6.86. The average molecular weight is 311 g/mol. The van der Waals surface area contributed by atoms with E-state index < -0.39 is 0 Å². The normalized spacial score (nSPS) is 8.64. The Kier molecular flexibility index (Phi) is 9.43. The monoisotopic (exact) mass is 308 g/mol. The third-order valence-corrected chi connectivity index (χ3v) is 1.45. The molecule has 0 unspecified atom stereocenters. The fourth-order valence-electron chi connectivity index (χ4n) is 0.825. The summed E-state index contributed by atoms with van der Waals surface area (Å²) < 4.78 is 10.3. The fraction of sp³-hybridized carbons (Fsp3) is 0.400. The summed E-state index contributed by atoms with van der Waals surface area (Å²) in [5.41, 5.74) is 0. The van der Waals surface area contributed by atoms with Crippen LogP contribution in [0, 0.1) is 6.07 Å². The van der Waals surface area contributed by atoms with Crippen LogP contribution < -0.4 is 9.47 Å². The molecule has 0 radical (unpaired) electrons. The van der Waals surface area contributed by atoms with Crippen LogP contribution >= 0.6 is 13.6 Å². The number of halogens is 1. The van der Waals surface area contributed by atoms with Crippen molar-refractivity contribution in [3.63, 3.8) is 0 Å².